The second-order valence-electron chi connectivity index (χ2n) is 8.85. The highest BCUT2D eigenvalue weighted by Crippen LogP contribution is 2.42. The summed E-state index contributed by atoms with van der Waals surface area (Å²) in [4.78, 5) is 40.6. The van der Waals surface area contributed by atoms with Crippen LogP contribution in [0.3, 0.4) is 0 Å². The van der Waals surface area contributed by atoms with E-state index < -0.39 is 0 Å². The Balaban J connectivity index is 1.39. The molecule has 9 heteroatoms. The minimum atomic E-state index is -0.161. The first kappa shape index (κ1) is 21.0. The number of benzene rings is 1. The molecule has 2 unspecified atom stereocenters. The Morgan fingerprint density at radius 2 is 1.88 bits per heavy atom. The SMILES string of the molecule is CC[C@@H](C(=O)N1CC2CCC(C1)N2c1ncnc2c1N(C)CC(=O)N2)c1ccc(Cl)cc1. The zero-order chi connectivity index (χ0) is 22.4. The van der Waals surface area contributed by atoms with Crippen LogP contribution < -0.4 is 15.1 Å². The number of amides is 2. The predicted molar refractivity (Wildman–Crippen MR) is 124 cm³/mol. The minimum Gasteiger partial charge on any atom is -0.359 e. The lowest BCUT2D eigenvalue weighted by Crippen LogP contribution is -2.57. The Hall–Kier alpha value is -2.87. The molecule has 1 aromatic heterocycles. The maximum atomic E-state index is 13.5. The summed E-state index contributed by atoms with van der Waals surface area (Å²) in [6.45, 7) is 3.68. The van der Waals surface area contributed by atoms with Gasteiger partial charge in [-0.1, -0.05) is 30.7 Å². The van der Waals surface area contributed by atoms with Crippen molar-refractivity contribution < 1.29 is 9.59 Å². The van der Waals surface area contributed by atoms with Gasteiger partial charge in [0.15, 0.2) is 11.6 Å². The van der Waals surface area contributed by atoms with Crippen molar-refractivity contribution in [2.24, 2.45) is 0 Å². The zero-order valence-electron chi connectivity index (χ0n) is 18.3. The Labute approximate surface area is 192 Å². The van der Waals surface area contributed by atoms with E-state index in [9.17, 15) is 9.59 Å². The van der Waals surface area contributed by atoms with Crippen molar-refractivity contribution in [2.45, 2.75) is 44.2 Å². The van der Waals surface area contributed by atoms with Gasteiger partial charge < -0.3 is 20.0 Å². The molecule has 8 nitrogen and oxygen atoms in total. The van der Waals surface area contributed by atoms with Crippen LogP contribution in [-0.4, -0.2) is 65.4 Å². The molecule has 2 bridgehead atoms. The molecule has 2 fully saturated rings. The fourth-order valence-corrected chi connectivity index (χ4v) is 5.49. The first-order valence-corrected chi connectivity index (χ1v) is 11.5. The highest BCUT2D eigenvalue weighted by molar-refractivity contribution is 6.30. The number of nitrogens with zero attached hydrogens (tertiary/aromatic N) is 5. The fraction of sp³-hybridized carbons (Fsp3) is 0.478. The van der Waals surface area contributed by atoms with Gasteiger partial charge in [-0.05, 0) is 37.0 Å². The minimum absolute atomic E-state index is 0.0733. The van der Waals surface area contributed by atoms with Crippen LogP contribution in [-0.2, 0) is 9.59 Å². The number of rotatable bonds is 4. The molecule has 2 amide bonds. The van der Waals surface area contributed by atoms with Crippen molar-refractivity contribution in [3.63, 3.8) is 0 Å². The van der Waals surface area contributed by atoms with Gasteiger partial charge in [-0.2, -0.15) is 0 Å². The first-order chi connectivity index (χ1) is 15.5. The van der Waals surface area contributed by atoms with Gasteiger partial charge in [0.2, 0.25) is 11.8 Å². The first-order valence-electron chi connectivity index (χ1n) is 11.1. The van der Waals surface area contributed by atoms with E-state index in [-0.39, 0.29) is 36.4 Å². The van der Waals surface area contributed by atoms with E-state index in [2.05, 4.69) is 27.1 Å². The molecule has 0 saturated carbocycles. The second kappa shape index (κ2) is 8.24. The topological polar surface area (TPSA) is 81.7 Å². The van der Waals surface area contributed by atoms with Crippen molar-refractivity contribution in [1.29, 1.82) is 0 Å². The third kappa shape index (κ3) is 3.56. The number of fused-ring (bicyclic) bond motifs is 3. The molecular weight excluding hydrogens is 428 g/mol. The van der Waals surface area contributed by atoms with Crippen LogP contribution in [0.4, 0.5) is 17.3 Å². The molecule has 3 aliphatic rings. The predicted octanol–water partition coefficient (Wildman–Crippen LogP) is 2.89. The van der Waals surface area contributed by atoms with Gasteiger partial charge in [-0.15, -0.1) is 0 Å². The smallest absolute Gasteiger partial charge is 0.245 e. The van der Waals surface area contributed by atoms with Gasteiger partial charge in [0.25, 0.3) is 0 Å². The lowest BCUT2D eigenvalue weighted by atomic mass is 9.94. The number of likely N-dealkylation sites (N-methyl/N-ethyl adjacent to an activating group) is 1. The number of carbonyl (C=O) groups excluding carboxylic acids is 2. The number of nitrogens with one attached hydrogen (secondary N) is 1. The van der Waals surface area contributed by atoms with Crippen LogP contribution in [0.15, 0.2) is 30.6 Å². The van der Waals surface area contributed by atoms with E-state index >= 15 is 0 Å². The molecule has 0 spiro atoms. The summed E-state index contributed by atoms with van der Waals surface area (Å²) in [6.07, 6.45) is 4.29. The largest absolute Gasteiger partial charge is 0.359 e. The lowest BCUT2D eigenvalue weighted by molar-refractivity contribution is -0.134. The fourth-order valence-electron chi connectivity index (χ4n) is 5.36. The van der Waals surface area contributed by atoms with Crippen molar-refractivity contribution in [3.8, 4) is 0 Å². The molecule has 1 N–H and O–H groups in total. The summed E-state index contributed by atoms with van der Waals surface area (Å²) in [6, 6.07) is 8.01. The summed E-state index contributed by atoms with van der Waals surface area (Å²) in [5, 5.41) is 3.54. The summed E-state index contributed by atoms with van der Waals surface area (Å²) in [7, 11) is 1.89. The molecule has 3 atom stereocenters. The Morgan fingerprint density at radius 1 is 1.19 bits per heavy atom. The highest BCUT2D eigenvalue weighted by atomic mass is 35.5. The number of hydrogen-bond donors (Lipinski definition) is 1. The molecule has 1 aromatic carbocycles. The third-order valence-electron chi connectivity index (χ3n) is 6.84. The maximum Gasteiger partial charge on any atom is 0.245 e. The third-order valence-corrected chi connectivity index (χ3v) is 7.09. The number of halogens is 1. The van der Waals surface area contributed by atoms with E-state index in [1.165, 1.54) is 6.33 Å². The average Bonchev–Trinajstić information content (AvgIpc) is 3.03. The summed E-state index contributed by atoms with van der Waals surface area (Å²) in [5.41, 5.74) is 1.87. The second-order valence-corrected chi connectivity index (χ2v) is 9.28. The summed E-state index contributed by atoms with van der Waals surface area (Å²) >= 11 is 6.04. The molecule has 2 aromatic rings. The Morgan fingerprint density at radius 3 is 2.53 bits per heavy atom. The van der Waals surface area contributed by atoms with E-state index in [1.54, 1.807) is 0 Å². The standard InChI is InChI=1S/C23H27ClN6O2/c1-3-18(14-4-6-15(24)7-5-14)23(32)29-10-16-8-9-17(11-29)30(16)22-20-21(25-13-26-22)27-19(31)12-28(20)2/h4-7,13,16-18H,3,8-12H2,1-2H3,(H,25,26,27,31)/t16?,17?,18-/m1/s1. The number of hydrogen-bond acceptors (Lipinski definition) is 6. The zero-order valence-corrected chi connectivity index (χ0v) is 19.0. The van der Waals surface area contributed by atoms with Crippen LogP contribution >= 0.6 is 11.6 Å². The molecule has 5 rings (SSSR count). The maximum absolute atomic E-state index is 13.5. The molecule has 168 valence electrons. The lowest BCUT2D eigenvalue weighted by Gasteiger charge is -2.44. The molecular formula is C23H27ClN6O2. The van der Waals surface area contributed by atoms with Gasteiger partial charge in [-0.25, -0.2) is 9.97 Å². The van der Waals surface area contributed by atoms with Crippen LogP contribution in [0, 0.1) is 0 Å². The molecule has 0 aliphatic carbocycles. The number of anilines is 3. The van der Waals surface area contributed by atoms with Crippen LogP contribution in [0.5, 0.6) is 0 Å². The van der Waals surface area contributed by atoms with Gasteiger partial charge >= 0.3 is 0 Å². The van der Waals surface area contributed by atoms with E-state index in [0.717, 1.165) is 36.3 Å². The monoisotopic (exact) mass is 454 g/mol. The van der Waals surface area contributed by atoms with Crippen molar-refractivity contribution in [3.05, 3.63) is 41.2 Å². The highest BCUT2D eigenvalue weighted by Gasteiger charge is 2.44. The molecule has 2 saturated heterocycles. The summed E-state index contributed by atoms with van der Waals surface area (Å²) in [5.74, 6) is 1.35. The molecule has 0 radical (unpaired) electrons. The number of carbonyl (C=O) groups is 2. The number of piperazine rings is 1. The Kier molecular flexibility index (Phi) is 5.41. The van der Waals surface area contributed by atoms with E-state index in [1.807, 2.05) is 41.1 Å². The van der Waals surface area contributed by atoms with Crippen LogP contribution in [0.2, 0.25) is 5.02 Å². The average molecular weight is 455 g/mol. The van der Waals surface area contributed by atoms with E-state index in [4.69, 9.17) is 11.6 Å². The molecule has 4 heterocycles. The number of aromatic nitrogens is 2. The van der Waals surface area contributed by atoms with Gasteiger partial charge in [-0.3, -0.25) is 9.59 Å². The molecule has 3 aliphatic heterocycles. The van der Waals surface area contributed by atoms with Gasteiger partial charge in [0.05, 0.1) is 12.5 Å². The van der Waals surface area contributed by atoms with Gasteiger partial charge in [0, 0.05) is 37.2 Å². The van der Waals surface area contributed by atoms with Crippen molar-refractivity contribution in [2.75, 3.05) is 41.8 Å². The molecule has 32 heavy (non-hydrogen) atoms. The van der Waals surface area contributed by atoms with Gasteiger partial charge in [0.1, 0.15) is 12.0 Å². The van der Waals surface area contributed by atoms with Crippen LogP contribution in [0.25, 0.3) is 0 Å². The van der Waals surface area contributed by atoms with Crippen LogP contribution in [0.1, 0.15) is 37.7 Å². The Bertz CT molecular complexity index is 1030. The summed E-state index contributed by atoms with van der Waals surface area (Å²) < 4.78 is 0. The van der Waals surface area contributed by atoms with Crippen molar-refractivity contribution >= 4 is 40.7 Å². The van der Waals surface area contributed by atoms with E-state index in [0.29, 0.717) is 23.9 Å². The van der Waals surface area contributed by atoms with Crippen molar-refractivity contribution in [1.82, 2.24) is 14.9 Å². The normalized spacial score (nSPS) is 23.1. The number of likely N-dealkylation sites (tertiary alicyclic amines) is 1. The quantitative estimate of drug-likeness (QED) is 0.765.